The van der Waals surface area contributed by atoms with Gasteiger partial charge in [-0.3, -0.25) is 5.41 Å². The van der Waals surface area contributed by atoms with E-state index in [1.165, 1.54) is 23.5 Å². The van der Waals surface area contributed by atoms with Crippen LogP contribution in [0.4, 0.5) is 5.69 Å². The third-order valence-corrected chi connectivity index (χ3v) is 5.50. The smallest absolute Gasteiger partial charge is 0.335 e. The third kappa shape index (κ3) is 3.26. The normalized spacial score (nSPS) is 14.0. The van der Waals surface area contributed by atoms with Crippen molar-refractivity contribution in [3.8, 4) is 11.3 Å². The number of aliphatic hydroxyl groups is 1. The Balaban J connectivity index is 1.60. The van der Waals surface area contributed by atoms with Crippen LogP contribution in [0.2, 0.25) is 5.02 Å². The van der Waals surface area contributed by atoms with Crippen LogP contribution in [0, 0.1) is 5.41 Å². The number of hydrogen-bond donors (Lipinski definition) is 3. The van der Waals surface area contributed by atoms with Gasteiger partial charge in [-0.2, -0.15) is 0 Å². The first-order chi connectivity index (χ1) is 13.4. The van der Waals surface area contributed by atoms with Crippen molar-refractivity contribution < 1.29 is 15.0 Å². The summed E-state index contributed by atoms with van der Waals surface area (Å²) < 4.78 is 0. The molecule has 8 heteroatoms. The van der Waals surface area contributed by atoms with E-state index in [9.17, 15) is 9.90 Å². The predicted molar refractivity (Wildman–Crippen MR) is 111 cm³/mol. The highest BCUT2D eigenvalue weighted by Crippen LogP contribution is 2.34. The van der Waals surface area contributed by atoms with Gasteiger partial charge in [-0.1, -0.05) is 23.7 Å². The van der Waals surface area contributed by atoms with Crippen molar-refractivity contribution in [2.45, 2.75) is 0 Å². The van der Waals surface area contributed by atoms with E-state index in [0.29, 0.717) is 21.3 Å². The van der Waals surface area contributed by atoms with E-state index in [1.54, 1.807) is 29.2 Å². The number of nitrogens with zero attached hydrogens (tertiary/aromatic N) is 2. The second-order valence-corrected chi connectivity index (χ2v) is 7.45. The summed E-state index contributed by atoms with van der Waals surface area (Å²) in [4.78, 5) is 17.2. The first-order valence-corrected chi connectivity index (χ1v) is 9.53. The summed E-state index contributed by atoms with van der Waals surface area (Å²) in [5, 5.41) is 31.0. The van der Waals surface area contributed by atoms with Gasteiger partial charge in [-0.05, 0) is 36.4 Å². The van der Waals surface area contributed by atoms with Gasteiger partial charge < -0.3 is 15.1 Å². The lowest BCUT2D eigenvalue weighted by Gasteiger charge is -2.18. The molecule has 6 nitrogen and oxygen atoms in total. The summed E-state index contributed by atoms with van der Waals surface area (Å²) in [7, 11) is 0. The number of rotatable bonds is 4. The van der Waals surface area contributed by atoms with E-state index in [1.807, 2.05) is 17.5 Å². The SMILES string of the molecule is N=C1C(c2nc(-c3ccc(Cl)cc3)cs2)=C(O)CN1c1ccc(C(=O)O)cc1. The molecule has 0 saturated carbocycles. The fraction of sp³-hybridized carbons (Fsp3) is 0.0500. The van der Waals surface area contributed by atoms with E-state index in [0.717, 1.165) is 11.3 Å². The molecule has 1 aliphatic rings. The number of carbonyl (C=O) groups is 1. The van der Waals surface area contributed by atoms with E-state index >= 15 is 0 Å². The molecule has 0 bridgehead atoms. The average molecular weight is 412 g/mol. The second-order valence-electron chi connectivity index (χ2n) is 6.15. The number of thiazole rings is 1. The Bertz CT molecular complexity index is 1100. The number of carboxylic acids is 1. The van der Waals surface area contributed by atoms with Crippen LogP contribution in [-0.4, -0.2) is 33.5 Å². The first kappa shape index (κ1) is 18.2. The average Bonchev–Trinajstić information content (AvgIpc) is 3.27. The van der Waals surface area contributed by atoms with Gasteiger partial charge in [0.1, 0.15) is 16.6 Å². The molecule has 1 aromatic heterocycles. The predicted octanol–water partition coefficient (Wildman–Crippen LogP) is 4.93. The molecule has 0 atom stereocenters. The van der Waals surface area contributed by atoms with Crippen molar-refractivity contribution in [3.63, 3.8) is 0 Å². The van der Waals surface area contributed by atoms with Gasteiger partial charge in [0.2, 0.25) is 0 Å². The minimum Gasteiger partial charge on any atom is -0.510 e. The first-order valence-electron chi connectivity index (χ1n) is 8.28. The maximum atomic E-state index is 11.0. The molecule has 0 fully saturated rings. The van der Waals surface area contributed by atoms with Gasteiger partial charge in [0.15, 0.2) is 0 Å². The van der Waals surface area contributed by atoms with Crippen LogP contribution < -0.4 is 4.90 Å². The van der Waals surface area contributed by atoms with Crippen molar-refractivity contribution in [1.82, 2.24) is 4.98 Å². The third-order valence-electron chi connectivity index (χ3n) is 4.39. The number of aliphatic hydroxyl groups excluding tert-OH is 1. The topological polar surface area (TPSA) is 97.5 Å². The van der Waals surface area contributed by atoms with Gasteiger partial charge in [0.25, 0.3) is 0 Å². The molecular formula is C20H14ClN3O3S. The molecule has 1 aliphatic heterocycles. The highest BCUT2D eigenvalue weighted by Gasteiger charge is 2.31. The van der Waals surface area contributed by atoms with Crippen LogP contribution in [-0.2, 0) is 0 Å². The van der Waals surface area contributed by atoms with E-state index in [-0.39, 0.29) is 23.7 Å². The summed E-state index contributed by atoms with van der Waals surface area (Å²) in [6, 6.07) is 13.5. The molecule has 0 unspecified atom stereocenters. The summed E-state index contributed by atoms with van der Waals surface area (Å²) in [5.74, 6) is -0.830. The summed E-state index contributed by atoms with van der Waals surface area (Å²) >= 11 is 7.27. The summed E-state index contributed by atoms with van der Waals surface area (Å²) in [5.41, 5.74) is 2.82. The molecular weight excluding hydrogens is 398 g/mol. The molecule has 2 heterocycles. The molecule has 3 N–H and O–H groups in total. The van der Waals surface area contributed by atoms with Crippen molar-refractivity contribution >= 4 is 46.0 Å². The number of carboxylic acid groups (broad SMARTS) is 1. The van der Waals surface area contributed by atoms with Crippen LogP contribution >= 0.6 is 22.9 Å². The van der Waals surface area contributed by atoms with E-state index < -0.39 is 5.97 Å². The summed E-state index contributed by atoms with van der Waals surface area (Å²) in [6.07, 6.45) is 0. The molecule has 0 amide bonds. The summed E-state index contributed by atoms with van der Waals surface area (Å²) in [6.45, 7) is 0.135. The van der Waals surface area contributed by atoms with Gasteiger partial charge in [-0.15, -0.1) is 11.3 Å². The lowest BCUT2D eigenvalue weighted by molar-refractivity contribution is 0.0697. The number of amidine groups is 1. The molecule has 0 spiro atoms. The zero-order valence-corrected chi connectivity index (χ0v) is 16.0. The zero-order valence-electron chi connectivity index (χ0n) is 14.4. The van der Waals surface area contributed by atoms with Crippen LogP contribution in [0.15, 0.2) is 59.7 Å². The molecule has 0 saturated heterocycles. The van der Waals surface area contributed by atoms with Crippen molar-refractivity contribution in [2.75, 3.05) is 11.4 Å². The Hall–Kier alpha value is -3.16. The zero-order chi connectivity index (χ0) is 19.8. The van der Waals surface area contributed by atoms with Crippen molar-refractivity contribution in [1.29, 1.82) is 5.41 Å². The number of hydrogen-bond acceptors (Lipinski definition) is 5. The Labute approximate surface area is 169 Å². The minimum absolute atomic E-state index is 0.0596. The lowest BCUT2D eigenvalue weighted by Crippen LogP contribution is -2.26. The molecule has 3 aromatic rings. The Morgan fingerprint density at radius 1 is 1.14 bits per heavy atom. The fourth-order valence-electron chi connectivity index (χ4n) is 2.95. The number of aromatic carboxylic acids is 1. The largest absolute Gasteiger partial charge is 0.510 e. The second kappa shape index (κ2) is 7.10. The maximum Gasteiger partial charge on any atom is 0.335 e. The van der Waals surface area contributed by atoms with Gasteiger partial charge in [0.05, 0.1) is 23.4 Å². The van der Waals surface area contributed by atoms with E-state index in [2.05, 4.69) is 4.98 Å². The van der Waals surface area contributed by atoms with Crippen molar-refractivity contribution in [3.05, 3.63) is 75.3 Å². The number of halogens is 1. The molecule has 2 aromatic carbocycles. The quantitative estimate of drug-likeness (QED) is 0.565. The molecule has 4 rings (SSSR count). The number of aromatic nitrogens is 1. The number of anilines is 1. The Morgan fingerprint density at radius 2 is 1.82 bits per heavy atom. The lowest BCUT2D eigenvalue weighted by atomic mass is 10.2. The highest BCUT2D eigenvalue weighted by molar-refractivity contribution is 7.11. The van der Waals surface area contributed by atoms with Crippen LogP contribution in [0.5, 0.6) is 0 Å². The van der Waals surface area contributed by atoms with Crippen LogP contribution in [0.1, 0.15) is 15.4 Å². The molecule has 28 heavy (non-hydrogen) atoms. The number of benzene rings is 2. The van der Waals surface area contributed by atoms with Gasteiger partial charge >= 0.3 is 5.97 Å². The van der Waals surface area contributed by atoms with Gasteiger partial charge in [0, 0.05) is 21.7 Å². The van der Waals surface area contributed by atoms with Crippen LogP contribution in [0.25, 0.3) is 16.8 Å². The Kier molecular flexibility index (Phi) is 4.62. The number of nitrogens with one attached hydrogen (secondary N) is 1. The minimum atomic E-state index is -1.01. The van der Waals surface area contributed by atoms with Crippen molar-refractivity contribution in [2.24, 2.45) is 0 Å². The molecule has 140 valence electrons. The Morgan fingerprint density at radius 3 is 2.46 bits per heavy atom. The highest BCUT2D eigenvalue weighted by atomic mass is 35.5. The molecule has 0 aliphatic carbocycles. The maximum absolute atomic E-state index is 11.0. The standard InChI is InChI=1S/C20H14ClN3O3S/c21-13-5-1-11(2-6-13)15-10-28-19(23-15)17-16(25)9-24(18(17)22)14-7-3-12(4-8-14)20(26)27/h1-8,10,22,25H,9H2,(H,26,27). The fourth-order valence-corrected chi connectivity index (χ4v) is 3.97. The monoisotopic (exact) mass is 411 g/mol. The van der Waals surface area contributed by atoms with E-state index in [4.69, 9.17) is 22.1 Å². The molecule has 0 radical (unpaired) electrons. The van der Waals surface area contributed by atoms with Gasteiger partial charge in [-0.25, -0.2) is 9.78 Å². The van der Waals surface area contributed by atoms with Crippen LogP contribution in [0.3, 0.4) is 0 Å².